The van der Waals surface area contributed by atoms with E-state index in [4.69, 9.17) is 9.47 Å². The van der Waals surface area contributed by atoms with Crippen molar-refractivity contribution in [3.8, 4) is 0 Å². The quantitative estimate of drug-likeness (QED) is 0.333. The van der Waals surface area contributed by atoms with Crippen molar-refractivity contribution in [2.75, 3.05) is 0 Å². The molecule has 0 saturated carbocycles. The zero-order chi connectivity index (χ0) is 15.4. The molecule has 112 valence electrons. The molecule has 2 amide bonds. The lowest BCUT2D eigenvalue weighted by Gasteiger charge is -2.34. The van der Waals surface area contributed by atoms with Crippen molar-refractivity contribution in [3.63, 3.8) is 0 Å². The number of amides is 2. The second kappa shape index (κ2) is 4.37. The summed E-state index contributed by atoms with van der Waals surface area (Å²) in [6, 6.07) is 0. The Kier molecular flexibility index (Phi) is 2.85. The van der Waals surface area contributed by atoms with Crippen LogP contribution in [-0.2, 0) is 28.7 Å². The first-order valence-electron chi connectivity index (χ1n) is 6.27. The molecular weight excluding hydrogens is 286 g/mol. The van der Waals surface area contributed by atoms with Crippen molar-refractivity contribution in [3.05, 3.63) is 11.1 Å². The molecule has 1 fully saturated rings. The second-order valence-electron chi connectivity index (χ2n) is 4.98. The van der Waals surface area contributed by atoms with Crippen LogP contribution in [0.3, 0.4) is 0 Å². The van der Waals surface area contributed by atoms with Gasteiger partial charge >= 0.3 is 11.9 Å². The first-order chi connectivity index (χ1) is 9.85. The Balaban J connectivity index is 2.11. The van der Waals surface area contributed by atoms with Crippen LogP contribution in [0.25, 0.3) is 0 Å². The van der Waals surface area contributed by atoms with Gasteiger partial charge in [0.2, 0.25) is 0 Å². The van der Waals surface area contributed by atoms with Crippen molar-refractivity contribution in [2.24, 2.45) is 0 Å². The van der Waals surface area contributed by atoms with Crippen LogP contribution in [0.1, 0.15) is 19.3 Å². The van der Waals surface area contributed by atoms with E-state index in [-0.39, 0.29) is 24.0 Å². The topological polar surface area (TPSA) is 139 Å². The van der Waals surface area contributed by atoms with Gasteiger partial charge in [-0.05, 0) is 12.8 Å². The molecule has 9 heteroatoms. The van der Waals surface area contributed by atoms with E-state index >= 15 is 0 Å². The fourth-order valence-electron chi connectivity index (χ4n) is 2.68. The van der Waals surface area contributed by atoms with Crippen LogP contribution in [-0.4, -0.2) is 52.0 Å². The van der Waals surface area contributed by atoms with Gasteiger partial charge in [-0.25, -0.2) is 9.59 Å². The summed E-state index contributed by atoms with van der Waals surface area (Å²) in [6.45, 7) is 0. The van der Waals surface area contributed by atoms with Gasteiger partial charge in [-0.3, -0.25) is 14.9 Å². The predicted molar refractivity (Wildman–Crippen MR) is 61.0 cm³/mol. The Morgan fingerprint density at radius 3 is 2.14 bits per heavy atom. The van der Waals surface area contributed by atoms with Gasteiger partial charge in [0.15, 0.2) is 12.2 Å². The van der Waals surface area contributed by atoms with E-state index in [0.29, 0.717) is 6.42 Å². The summed E-state index contributed by atoms with van der Waals surface area (Å²) >= 11 is 0. The number of aliphatic hydroxyl groups excluding tert-OH is 2. The van der Waals surface area contributed by atoms with E-state index in [1.165, 1.54) is 0 Å². The Labute approximate surface area is 117 Å². The molecule has 1 spiro atoms. The van der Waals surface area contributed by atoms with Crippen molar-refractivity contribution >= 4 is 23.8 Å². The monoisotopic (exact) mass is 297 g/mol. The molecule has 2 atom stereocenters. The maximum absolute atomic E-state index is 11.9. The lowest BCUT2D eigenvalue weighted by atomic mass is 9.87. The van der Waals surface area contributed by atoms with Gasteiger partial charge < -0.3 is 19.7 Å². The number of hydrogen-bond donors (Lipinski definition) is 3. The molecular formula is C12H11NO8. The predicted octanol–water partition coefficient (Wildman–Crippen LogP) is -2.36. The number of rotatable bonds is 0. The standard InChI is InChI=1S/C12H11NO8/c14-6-7(15)11(19)21-12(20-10(6)18)3-1-2-4-5(12)9(17)13-8(4)16/h6-7,14-15H,1-3H2,(H,13,16,17). The first kappa shape index (κ1) is 13.7. The molecule has 1 saturated heterocycles. The summed E-state index contributed by atoms with van der Waals surface area (Å²) in [7, 11) is 0. The largest absolute Gasteiger partial charge is 0.416 e. The smallest absolute Gasteiger partial charge is 0.341 e. The van der Waals surface area contributed by atoms with Gasteiger partial charge in [0.05, 0.1) is 0 Å². The molecule has 21 heavy (non-hydrogen) atoms. The molecule has 0 aromatic rings. The number of esters is 2. The van der Waals surface area contributed by atoms with Crippen molar-refractivity contribution in [1.82, 2.24) is 5.32 Å². The van der Waals surface area contributed by atoms with Gasteiger partial charge in [-0.2, -0.15) is 0 Å². The maximum Gasteiger partial charge on any atom is 0.341 e. The number of ether oxygens (including phenoxy) is 2. The van der Waals surface area contributed by atoms with Gasteiger partial charge in [0, 0.05) is 12.0 Å². The molecule has 0 aromatic carbocycles. The zero-order valence-electron chi connectivity index (χ0n) is 10.6. The molecule has 3 aliphatic rings. The molecule has 2 unspecified atom stereocenters. The Bertz CT molecular complexity index is 584. The van der Waals surface area contributed by atoms with Crippen LogP contribution < -0.4 is 5.32 Å². The molecule has 3 N–H and O–H groups in total. The summed E-state index contributed by atoms with van der Waals surface area (Å²) in [6.07, 6.45) is -3.66. The molecule has 1 aliphatic carbocycles. The molecule has 2 heterocycles. The number of imide groups is 1. The van der Waals surface area contributed by atoms with Crippen LogP contribution in [0.2, 0.25) is 0 Å². The number of aliphatic hydroxyl groups is 2. The molecule has 0 radical (unpaired) electrons. The highest BCUT2D eigenvalue weighted by Gasteiger charge is 2.57. The van der Waals surface area contributed by atoms with E-state index < -0.39 is 41.7 Å². The third kappa shape index (κ3) is 1.85. The highest BCUT2D eigenvalue weighted by molar-refractivity contribution is 6.20. The number of carbonyl (C=O) groups excluding carboxylic acids is 4. The summed E-state index contributed by atoms with van der Waals surface area (Å²) in [5.74, 6) is -6.12. The number of nitrogens with one attached hydrogen (secondary N) is 1. The van der Waals surface area contributed by atoms with Crippen LogP contribution in [0.5, 0.6) is 0 Å². The van der Waals surface area contributed by atoms with E-state index in [9.17, 15) is 29.4 Å². The second-order valence-corrected chi connectivity index (χ2v) is 4.98. The molecule has 0 aromatic heterocycles. The van der Waals surface area contributed by atoms with Crippen LogP contribution in [0.15, 0.2) is 11.1 Å². The van der Waals surface area contributed by atoms with Crippen molar-refractivity contribution in [1.29, 1.82) is 0 Å². The highest BCUT2D eigenvalue weighted by Crippen LogP contribution is 2.41. The number of fused-ring (bicyclic) bond motifs is 1. The molecule has 0 bridgehead atoms. The third-order valence-electron chi connectivity index (χ3n) is 3.66. The Morgan fingerprint density at radius 2 is 1.57 bits per heavy atom. The minimum absolute atomic E-state index is 0.0382. The fourth-order valence-corrected chi connectivity index (χ4v) is 2.68. The SMILES string of the molecule is O=C1NC(=O)C2=C1CCCC21OC(=O)C(O)C(O)C(=O)O1. The van der Waals surface area contributed by atoms with E-state index in [0.717, 1.165) is 0 Å². The van der Waals surface area contributed by atoms with Gasteiger partial charge in [0.1, 0.15) is 5.57 Å². The average Bonchev–Trinajstić information content (AvgIpc) is 2.69. The Hall–Kier alpha value is -2.26. The number of hydrogen-bond acceptors (Lipinski definition) is 8. The third-order valence-corrected chi connectivity index (χ3v) is 3.66. The summed E-state index contributed by atoms with van der Waals surface area (Å²) in [5, 5.41) is 21.0. The molecule has 9 nitrogen and oxygen atoms in total. The highest BCUT2D eigenvalue weighted by atomic mass is 16.7. The van der Waals surface area contributed by atoms with Gasteiger partial charge in [-0.15, -0.1) is 0 Å². The Morgan fingerprint density at radius 1 is 1.00 bits per heavy atom. The summed E-state index contributed by atoms with van der Waals surface area (Å²) in [4.78, 5) is 47.0. The minimum Gasteiger partial charge on any atom is -0.416 e. The van der Waals surface area contributed by atoms with Crippen molar-refractivity contribution < 1.29 is 38.9 Å². The first-order valence-corrected chi connectivity index (χ1v) is 6.27. The summed E-state index contributed by atoms with van der Waals surface area (Å²) in [5.41, 5.74) is -0.167. The zero-order valence-corrected chi connectivity index (χ0v) is 10.6. The molecule has 3 rings (SSSR count). The normalized spacial score (nSPS) is 36.1. The van der Waals surface area contributed by atoms with Gasteiger partial charge in [-0.1, -0.05) is 0 Å². The van der Waals surface area contributed by atoms with Crippen LogP contribution >= 0.6 is 0 Å². The van der Waals surface area contributed by atoms with Gasteiger partial charge in [0.25, 0.3) is 17.6 Å². The van der Waals surface area contributed by atoms with Crippen LogP contribution in [0.4, 0.5) is 0 Å². The van der Waals surface area contributed by atoms with E-state index in [1.54, 1.807) is 0 Å². The fraction of sp³-hybridized carbons (Fsp3) is 0.500. The number of carbonyl (C=O) groups is 4. The van der Waals surface area contributed by atoms with E-state index in [2.05, 4.69) is 0 Å². The summed E-state index contributed by atoms with van der Waals surface area (Å²) < 4.78 is 9.93. The minimum atomic E-state index is -2.11. The maximum atomic E-state index is 11.9. The van der Waals surface area contributed by atoms with E-state index in [1.807, 2.05) is 5.32 Å². The van der Waals surface area contributed by atoms with Crippen molar-refractivity contribution in [2.45, 2.75) is 37.3 Å². The van der Waals surface area contributed by atoms with Crippen LogP contribution in [0, 0.1) is 0 Å². The molecule has 2 aliphatic heterocycles. The lowest BCUT2D eigenvalue weighted by Crippen LogP contribution is -2.45. The lowest BCUT2D eigenvalue weighted by molar-refractivity contribution is -0.215. The average molecular weight is 297 g/mol.